The third-order valence-electron chi connectivity index (χ3n) is 5.74. The second-order valence-corrected chi connectivity index (χ2v) is 8.02. The fourth-order valence-corrected chi connectivity index (χ4v) is 3.83. The third-order valence-corrected chi connectivity index (χ3v) is 5.74. The number of methoxy groups -OCH3 is 2. The number of nitrogens with zero attached hydrogens (tertiary/aromatic N) is 1. The number of ether oxygens (including phenoxy) is 5. The second kappa shape index (κ2) is 9.97. The maximum absolute atomic E-state index is 13.1. The highest BCUT2D eigenvalue weighted by Crippen LogP contribution is 2.34. The summed E-state index contributed by atoms with van der Waals surface area (Å²) in [7, 11) is 2.87. The summed E-state index contributed by atoms with van der Waals surface area (Å²) in [6, 6.07) is 14.5. The van der Waals surface area contributed by atoms with Crippen molar-refractivity contribution < 1.29 is 42.9 Å². The van der Waals surface area contributed by atoms with Gasteiger partial charge in [0.05, 0.1) is 25.5 Å². The number of rotatable bonds is 6. The maximum Gasteiger partial charge on any atom is 0.343 e. The Morgan fingerprint density at radius 2 is 1.66 bits per heavy atom. The minimum Gasteiger partial charge on any atom is -0.497 e. The van der Waals surface area contributed by atoms with Crippen LogP contribution in [0.15, 0.2) is 66.2 Å². The monoisotopic (exact) mass is 516 g/mol. The molecule has 1 fully saturated rings. The average molecular weight is 516 g/mol. The fourth-order valence-electron chi connectivity index (χ4n) is 3.83. The van der Waals surface area contributed by atoms with Crippen LogP contribution in [0.3, 0.4) is 0 Å². The Kier molecular flexibility index (Phi) is 6.40. The van der Waals surface area contributed by atoms with E-state index >= 15 is 0 Å². The van der Waals surface area contributed by atoms with Gasteiger partial charge >= 0.3 is 12.0 Å². The van der Waals surface area contributed by atoms with Crippen LogP contribution in [-0.4, -0.2) is 44.8 Å². The number of urea groups is 1. The Labute approximate surface area is 216 Å². The van der Waals surface area contributed by atoms with Crippen molar-refractivity contribution in [3.05, 3.63) is 77.4 Å². The second-order valence-electron chi connectivity index (χ2n) is 8.02. The number of barbiturate groups is 1. The van der Waals surface area contributed by atoms with Crippen LogP contribution in [0.1, 0.15) is 15.9 Å². The molecule has 38 heavy (non-hydrogen) atoms. The highest BCUT2D eigenvalue weighted by atomic mass is 16.7. The Hall–Kier alpha value is -5.32. The van der Waals surface area contributed by atoms with Gasteiger partial charge in [-0.2, -0.15) is 0 Å². The molecule has 2 heterocycles. The van der Waals surface area contributed by atoms with E-state index in [1.165, 1.54) is 56.7 Å². The summed E-state index contributed by atoms with van der Waals surface area (Å²) in [5.74, 6) is -0.494. The highest BCUT2D eigenvalue weighted by Gasteiger charge is 2.36. The third kappa shape index (κ3) is 4.60. The molecule has 3 aromatic carbocycles. The number of imide groups is 2. The van der Waals surface area contributed by atoms with E-state index in [0.29, 0.717) is 22.8 Å². The number of benzene rings is 3. The van der Waals surface area contributed by atoms with Crippen molar-refractivity contribution in [2.24, 2.45) is 0 Å². The van der Waals surface area contributed by atoms with Crippen LogP contribution in [0, 0.1) is 0 Å². The summed E-state index contributed by atoms with van der Waals surface area (Å²) in [5.41, 5.74) is 0.630. The van der Waals surface area contributed by atoms with Crippen LogP contribution in [0.5, 0.6) is 28.7 Å². The van der Waals surface area contributed by atoms with E-state index in [2.05, 4.69) is 5.32 Å². The topological polar surface area (TPSA) is 130 Å². The van der Waals surface area contributed by atoms with Gasteiger partial charge in [-0.1, -0.05) is 6.07 Å². The first-order chi connectivity index (χ1) is 18.4. The Balaban J connectivity index is 1.39. The van der Waals surface area contributed by atoms with Crippen molar-refractivity contribution in [1.82, 2.24) is 5.32 Å². The van der Waals surface area contributed by atoms with Crippen molar-refractivity contribution in [2.75, 3.05) is 25.9 Å². The zero-order valence-corrected chi connectivity index (χ0v) is 20.2. The maximum atomic E-state index is 13.1. The minimum absolute atomic E-state index is 0.0746. The van der Waals surface area contributed by atoms with Gasteiger partial charge in [0.25, 0.3) is 11.8 Å². The van der Waals surface area contributed by atoms with E-state index in [-0.39, 0.29) is 35.1 Å². The molecule has 192 valence electrons. The summed E-state index contributed by atoms with van der Waals surface area (Å²) in [6.45, 7) is 0.0746. The van der Waals surface area contributed by atoms with Gasteiger partial charge in [-0.25, -0.2) is 14.5 Å². The number of esters is 1. The molecule has 3 aromatic rings. The van der Waals surface area contributed by atoms with Gasteiger partial charge in [0.2, 0.25) is 6.79 Å². The van der Waals surface area contributed by atoms with E-state index in [1.807, 2.05) is 0 Å². The molecule has 0 radical (unpaired) electrons. The zero-order chi connectivity index (χ0) is 26.8. The van der Waals surface area contributed by atoms with Crippen molar-refractivity contribution >= 4 is 35.6 Å². The first-order valence-electron chi connectivity index (χ1n) is 11.2. The number of hydrogen-bond acceptors (Lipinski definition) is 9. The predicted molar refractivity (Wildman–Crippen MR) is 133 cm³/mol. The van der Waals surface area contributed by atoms with E-state index in [9.17, 15) is 19.2 Å². The smallest absolute Gasteiger partial charge is 0.343 e. The molecule has 2 aliphatic heterocycles. The summed E-state index contributed by atoms with van der Waals surface area (Å²) in [4.78, 5) is 51.6. The van der Waals surface area contributed by atoms with Crippen LogP contribution >= 0.6 is 0 Å². The van der Waals surface area contributed by atoms with Gasteiger partial charge in [0.1, 0.15) is 11.3 Å². The predicted octanol–water partition coefficient (Wildman–Crippen LogP) is 3.32. The Morgan fingerprint density at radius 1 is 0.895 bits per heavy atom. The summed E-state index contributed by atoms with van der Waals surface area (Å²) < 4.78 is 26.5. The number of hydrogen-bond donors (Lipinski definition) is 1. The van der Waals surface area contributed by atoms with E-state index in [0.717, 1.165) is 4.90 Å². The van der Waals surface area contributed by atoms with Crippen LogP contribution in [-0.2, 0) is 9.59 Å². The van der Waals surface area contributed by atoms with E-state index < -0.39 is 23.8 Å². The summed E-state index contributed by atoms with van der Waals surface area (Å²) >= 11 is 0. The van der Waals surface area contributed by atoms with Gasteiger partial charge in [0, 0.05) is 0 Å². The van der Waals surface area contributed by atoms with Gasteiger partial charge in [-0.05, 0) is 66.2 Å². The van der Waals surface area contributed by atoms with Gasteiger partial charge < -0.3 is 23.7 Å². The van der Waals surface area contributed by atoms with Crippen LogP contribution in [0.2, 0.25) is 0 Å². The van der Waals surface area contributed by atoms with Gasteiger partial charge in [-0.15, -0.1) is 0 Å². The first-order valence-corrected chi connectivity index (χ1v) is 11.2. The molecule has 11 heteroatoms. The van der Waals surface area contributed by atoms with Crippen LogP contribution < -0.4 is 33.9 Å². The van der Waals surface area contributed by atoms with Crippen LogP contribution in [0.4, 0.5) is 10.5 Å². The standard InChI is InChI=1S/C27H20N2O9/c1-34-18-7-5-17(6-8-18)29-25(31)19(24(30)28-27(29)33)11-15-3-9-21(22(12-15)35-2)38-26(32)16-4-10-20-23(13-16)37-14-36-20/h3-13H,14H2,1-2H3,(H,28,30,33)/b19-11+. The molecule has 0 unspecified atom stereocenters. The normalized spacial score (nSPS) is 15.4. The van der Waals surface area contributed by atoms with Gasteiger partial charge in [0.15, 0.2) is 23.0 Å². The van der Waals surface area contributed by atoms with E-state index in [1.54, 1.807) is 24.3 Å². The molecule has 0 aliphatic carbocycles. The average Bonchev–Trinajstić information content (AvgIpc) is 3.40. The summed E-state index contributed by atoms with van der Waals surface area (Å²) in [5, 5.41) is 2.17. The molecular formula is C27H20N2O9. The molecule has 0 spiro atoms. The lowest BCUT2D eigenvalue weighted by atomic mass is 10.1. The SMILES string of the molecule is COc1ccc(N2C(=O)NC(=O)/C(=C\c3ccc(OC(=O)c4ccc5c(c4)OCO5)c(OC)c3)C2=O)cc1. The molecule has 0 atom stereocenters. The molecule has 0 bridgehead atoms. The van der Waals surface area contributed by atoms with Crippen molar-refractivity contribution in [1.29, 1.82) is 0 Å². The number of anilines is 1. The molecule has 4 amide bonds. The van der Waals surface area contributed by atoms with Crippen molar-refractivity contribution in [3.8, 4) is 28.7 Å². The summed E-state index contributed by atoms with van der Waals surface area (Å²) in [6.07, 6.45) is 1.31. The lowest BCUT2D eigenvalue weighted by Crippen LogP contribution is -2.54. The lowest BCUT2D eigenvalue weighted by molar-refractivity contribution is -0.122. The van der Waals surface area contributed by atoms with Crippen molar-refractivity contribution in [3.63, 3.8) is 0 Å². The van der Waals surface area contributed by atoms with Crippen molar-refractivity contribution in [2.45, 2.75) is 0 Å². The molecule has 0 saturated carbocycles. The Morgan fingerprint density at radius 3 is 2.39 bits per heavy atom. The highest BCUT2D eigenvalue weighted by molar-refractivity contribution is 6.39. The fraction of sp³-hybridized carbons (Fsp3) is 0.111. The molecule has 5 rings (SSSR count). The number of amides is 4. The van der Waals surface area contributed by atoms with Crippen LogP contribution in [0.25, 0.3) is 6.08 Å². The molecule has 11 nitrogen and oxygen atoms in total. The number of carbonyl (C=O) groups is 4. The zero-order valence-electron chi connectivity index (χ0n) is 20.2. The number of carbonyl (C=O) groups excluding carboxylic acids is 4. The minimum atomic E-state index is -0.870. The largest absolute Gasteiger partial charge is 0.497 e. The molecule has 0 aromatic heterocycles. The Bertz CT molecular complexity index is 1490. The van der Waals surface area contributed by atoms with Gasteiger partial charge in [-0.3, -0.25) is 14.9 Å². The lowest BCUT2D eigenvalue weighted by Gasteiger charge is -2.26. The first kappa shape index (κ1) is 24.4. The number of fused-ring (bicyclic) bond motifs is 1. The molecule has 1 N–H and O–H groups in total. The number of nitrogens with one attached hydrogen (secondary N) is 1. The molecule has 1 saturated heterocycles. The molecular weight excluding hydrogens is 496 g/mol. The quantitative estimate of drug-likeness (QED) is 0.227. The molecule has 2 aliphatic rings. The van der Waals surface area contributed by atoms with E-state index in [4.69, 9.17) is 23.7 Å².